The normalized spacial score (nSPS) is 14.2. The van der Waals surface area contributed by atoms with Crippen LogP contribution in [0.15, 0.2) is 79.9 Å². The molecule has 1 nitrogen and oxygen atoms in total. The van der Waals surface area contributed by atoms with Gasteiger partial charge in [-0.15, -0.1) is 6.58 Å². The van der Waals surface area contributed by atoms with Gasteiger partial charge >= 0.3 is 0 Å². The molecule has 0 aliphatic rings. The summed E-state index contributed by atoms with van der Waals surface area (Å²) in [5, 5.41) is 12.9. The van der Waals surface area contributed by atoms with Gasteiger partial charge in [0.25, 0.3) is 0 Å². The third kappa shape index (κ3) is 3.06. The lowest BCUT2D eigenvalue weighted by Gasteiger charge is -2.20. The van der Waals surface area contributed by atoms with Gasteiger partial charge in [0.1, 0.15) is 0 Å². The Bertz CT molecular complexity index is 619. The Hall–Kier alpha value is -2.12. The summed E-state index contributed by atoms with van der Waals surface area (Å²) >= 11 is 0. The first-order chi connectivity index (χ1) is 9.77. The summed E-state index contributed by atoms with van der Waals surface area (Å²) in [4.78, 5) is 0. The van der Waals surface area contributed by atoms with Gasteiger partial charge in [-0.3, -0.25) is 0 Å². The van der Waals surface area contributed by atoms with Gasteiger partial charge in [0.05, 0.1) is 6.10 Å². The van der Waals surface area contributed by atoms with Gasteiger partial charge in [-0.2, -0.15) is 0 Å². The van der Waals surface area contributed by atoms with E-state index in [1.807, 2.05) is 48.6 Å². The van der Waals surface area contributed by atoms with E-state index in [-0.39, 0.29) is 5.92 Å². The number of hydrogen-bond donors (Lipinski definition) is 1. The molecule has 0 aliphatic carbocycles. The Balaban J connectivity index is 2.34. The molecule has 0 heterocycles. The average Bonchev–Trinajstić information content (AvgIpc) is 2.50. The van der Waals surface area contributed by atoms with Crippen molar-refractivity contribution < 1.29 is 5.11 Å². The van der Waals surface area contributed by atoms with Gasteiger partial charge < -0.3 is 5.11 Å². The first-order valence-electron chi connectivity index (χ1n) is 6.83. The summed E-state index contributed by atoms with van der Waals surface area (Å²) in [5.41, 5.74) is 0.958. The van der Waals surface area contributed by atoms with Gasteiger partial charge in [0, 0.05) is 5.92 Å². The zero-order valence-corrected chi connectivity index (χ0v) is 11.6. The number of hydrogen-bond acceptors (Lipinski definition) is 1. The van der Waals surface area contributed by atoms with Gasteiger partial charge in [-0.1, -0.05) is 73.3 Å². The zero-order chi connectivity index (χ0) is 14.4. The fourth-order valence-corrected chi connectivity index (χ4v) is 2.42. The second-order valence-electron chi connectivity index (χ2n) is 4.81. The molecule has 2 rings (SSSR count). The molecule has 2 unspecified atom stereocenters. The lowest BCUT2D eigenvalue weighted by Crippen LogP contribution is -2.10. The minimum absolute atomic E-state index is 0.00277. The first kappa shape index (κ1) is 14.3. The van der Waals surface area contributed by atoms with Crippen LogP contribution in [0.1, 0.15) is 18.1 Å². The predicted octanol–water partition coefficient (Wildman–Crippen LogP) is 4.81. The van der Waals surface area contributed by atoms with Crippen molar-refractivity contribution in [1.29, 1.82) is 0 Å². The summed E-state index contributed by atoms with van der Waals surface area (Å²) in [6.45, 7) is 7.50. The van der Waals surface area contributed by atoms with E-state index in [2.05, 4.69) is 25.3 Å². The maximum Gasteiger partial charge on any atom is 0.0861 e. The quantitative estimate of drug-likeness (QED) is 0.586. The van der Waals surface area contributed by atoms with Crippen LogP contribution in [-0.2, 0) is 0 Å². The maximum atomic E-state index is 10.6. The molecule has 102 valence electrons. The molecule has 0 bridgehead atoms. The Morgan fingerprint density at radius 3 is 2.55 bits per heavy atom. The average molecular weight is 264 g/mol. The number of aliphatic hydroxyl groups excluding tert-OH is 1. The second-order valence-corrected chi connectivity index (χ2v) is 4.81. The highest BCUT2D eigenvalue weighted by molar-refractivity contribution is 5.86. The molecule has 1 heteroatoms. The molecule has 0 saturated carbocycles. The molecule has 0 aliphatic heterocycles. The molecule has 0 amide bonds. The molecule has 0 radical (unpaired) electrons. The summed E-state index contributed by atoms with van der Waals surface area (Å²) in [7, 11) is 0. The van der Waals surface area contributed by atoms with Crippen LogP contribution >= 0.6 is 0 Å². The monoisotopic (exact) mass is 264 g/mol. The van der Waals surface area contributed by atoms with Crippen molar-refractivity contribution in [3.63, 3.8) is 0 Å². The highest BCUT2D eigenvalue weighted by Crippen LogP contribution is 2.31. The van der Waals surface area contributed by atoms with Crippen LogP contribution in [0.3, 0.4) is 0 Å². The van der Waals surface area contributed by atoms with Crippen LogP contribution in [0, 0.1) is 5.92 Å². The Morgan fingerprint density at radius 1 is 1.05 bits per heavy atom. The van der Waals surface area contributed by atoms with Crippen molar-refractivity contribution in [2.45, 2.75) is 12.5 Å². The van der Waals surface area contributed by atoms with Crippen LogP contribution in [-0.4, -0.2) is 5.11 Å². The number of fused-ring (bicyclic) bond motifs is 1. The molecular formula is C19H20O. The number of allylic oxidation sites excluding steroid dienone is 3. The molecule has 1 N–H and O–H groups in total. The van der Waals surface area contributed by atoms with Crippen molar-refractivity contribution in [1.82, 2.24) is 0 Å². The van der Waals surface area contributed by atoms with E-state index in [4.69, 9.17) is 0 Å². The number of benzene rings is 2. The van der Waals surface area contributed by atoms with Crippen molar-refractivity contribution in [2.75, 3.05) is 0 Å². The molecule has 0 spiro atoms. The fraction of sp³-hybridized carbons (Fsp3) is 0.158. The van der Waals surface area contributed by atoms with Gasteiger partial charge in [0.2, 0.25) is 0 Å². The molecule has 2 aromatic carbocycles. The summed E-state index contributed by atoms with van der Waals surface area (Å²) < 4.78 is 0. The fourth-order valence-electron chi connectivity index (χ4n) is 2.42. The van der Waals surface area contributed by atoms with E-state index >= 15 is 0 Å². The third-order valence-corrected chi connectivity index (χ3v) is 3.53. The van der Waals surface area contributed by atoms with Crippen molar-refractivity contribution in [2.24, 2.45) is 5.92 Å². The minimum atomic E-state index is -0.548. The standard InChI is InChI=1S/C19H20O/c1-3-5-6-10-15(4-2)19(20)18-14-9-12-16-11-7-8-13-17(16)18/h3-9,11-15,19-20H,1-2,10H2/b6-5+. The number of aliphatic hydroxyl groups is 1. The van der Waals surface area contributed by atoms with Crippen LogP contribution in [0.25, 0.3) is 10.8 Å². The molecule has 0 aromatic heterocycles. The van der Waals surface area contributed by atoms with Crippen LogP contribution in [0.5, 0.6) is 0 Å². The van der Waals surface area contributed by atoms with E-state index in [1.165, 1.54) is 0 Å². The van der Waals surface area contributed by atoms with E-state index < -0.39 is 6.10 Å². The zero-order valence-electron chi connectivity index (χ0n) is 11.6. The van der Waals surface area contributed by atoms with Crippen LogP contribution in [0.4, 0.5) is 0 Å². The number of rotatable bonds is 6. The molecule has 0 fully saturated rings. The topological polar surface area (TPSA) is 20.2 Å². The highest BCUT2D eigenvalue weighted by atomic mass is 16.3. The summed E-state index contributed by atoms with van der Waals surface area (Å²) in [6, 6.07) is 14.2. The van der Waals surface area contributed by atoms with Crippen molar-refractivity contribution in [3.05, 3.63) is 85.5 Å². The molecule has 0 saturated heterocycles. The minimum Gasteiger partial charge on any atom is -0.388 e. The van der Waals surface area contributed by atoms with Gasteiger partial charge in [-0.25, -0.2) is 0 Å². The SMILES string of the molecule is C=C/C=C/CC(C=C)C(O)c1cccc2ccccc12. The Labute approximate surface area is 120 Å². The maximum absolute atomic E-state index is 10.6. The van der Waals surface area contributed by atoms with Crippen molar-refractivity contribution in [3.8, 4) is 0 Å². The first-order valence-corrected chi connectivity index (χ1v) is 6.83. The Kier molecular flexibility index (Phi) is 4.91. The van der Waals surface area contributed by atoms with Crippen molar-refractivity contribution >= 4 is 10.8 Å². The highest BCUT2D eigenvalue weighted by Gasteiger charge is 2.18. The van der Waals surface area contributed by atoms with E-state index in [0.717, 1.165) is 22.8 Å². The molecule has 2 aromatic rings. The van der Waals surface area contributed by atoms with E-state index in [9.17, 15) is 5.11 Å². The van der Waals surface area contributed by atoms with Crippen LogP contribution in [0.2, 0.25) is 0 Å². The van der Waals surface area contributed by atoms with E-state index in [1.54, 1.807) is 6.08 Å². The second kappa shape index (κ2) is 6.88. The summed E-state index contributed by atoms with van der Waals surface area (Å²) in [6.07, 6.45) is 7.66. The van der Waals surface area contributed by atoms with Crippen LogP contribution < -0.4 is 0 Å². The Morgan fingerprint density at radius 2 is 1.80 bits per heavy atom. The predicted molar refractivity (Wildman–Crippen MR) is 86.5 cm³/mol. The lowest BCUT2D eigenvalue weighted by molar-refractivity contribution is 0.134. The third-order valence-electron chi connectivity index (χ3n) is 3.53. The molecule has 20 heavy (non-hydrogen) atoms. The lowest BCUT2D eigenvalue weighted by atomic mass is 9.90. The summed E-state index contributed by atoms with van der Waals surface area (Å²) in [5.74, 6) is -0.00277. The van der Waals surface area contributed by atoms with E-state index in [0.29, 0.717) is 0 Å². The smallest absolute Gasteiger partial charge is 0.0861 e. The van der Waals surface area contributed by atoms with Gasteiger partial charge in [-0.05, 0) is 22.8 Å². The van der Waals surface area contributed by atoms with Gasteiger partial charge in [0.15, 0.2) is 0 Å². The molecule has 2 atom stereocenters. The largest absolute Gasteiger partial charge is 0.388 e. The molecular weight excluding hydrogens is 244 g/mol.